The summed E-state index contributed by atoms with van der Waals surface area (Å²) < 4.78 is 37.5. The van der Waals surface area contributed by atoms with Crippen LogP contribution >= 0.6 is 15.9 Å². The molecular weight excluding hydrogens is 420 g/mol. The predicted molar refractivity (Wildman–Crippen MR) is 104 cm³/mol. The number of hydrogen-bond acceptors (Lipinski definition) is 5. The van der Waals surface area contributed by atoms with Crippen LogP contribution in [-0.4, -0.2) is 39.0 Å². The second-order valence-corrected chi connectivity index (χ2v) is 8.67. The summed E-state index contributed by atoms with van der Waals surface area (Å²) in [5, 5.41) is 4.40. The molecule has 3 rings (SSSR count). The second kappa shape index (κ2) is 7.28. The van der Waals surface area contributed by atoms with Crippen LogP contribution in [0.3, 0.4) is 0 Å². The van der Waals surface area contributed by atoms with E-state index in [1.54, 1.807) is 32.4 Å². The van der Waals surface area contributed by atoms with E-state index in [1.165, 1.54) is 0 Å². The highest BCUT2D eigenvalue weighted by molar-refractivity contribution is 9.10. The zero-order chi connectivity index (χ0) is 18.9. The quantitative estimate of drug-likeness (QED) is 0.715. The number of hydrogen-bond donors (Lipinski definition) is 0. The molecule has 0 amide bonds. The molecule has 0 fully saturated rings. The van der Waals surface area contributed by atoms with Crippen molar-refractivity contribution < 1.29 is 17.9 Å². The van der Waals surface area contributed by atoms with Crippen LogP contribution in [0.4, 0.5) is 0 Å². The van der Waals surface area contributed by atoms with Crippen LogP contribution in [0.2, 0.25) is 0 Å². The molecule has 0 saturated carbocycles. The first-order valence-corrected chi connectivity index (χ1v) is 10.5. The Bertz CT molecular complexity index is 942. The zero-order valence-electron chi connectivity index (χ0n) is 14.6. The molecule has 6 nitrogen and oxygen atoms in total. The summed E-state index contributed by atoms with van der Waals surface area (Å²) >= 11 is 3.40. The van der Waals surface area contributed by atoms with Crippen molar-refractivity contribution in [3.63, 3.8) is 0 Å². The van der Waals surface area contributed by atoms with Gasteiger partial charge >= 0.3 is 0 Å². The van der Waals surface area contributed by atoms with E-state index in [1.807, 2.05) is 24.3 Å². The largest absolute Gasteiger partial charge is 0.497 e. The van der Waals surface area contributed by atoms with Gasteiger partial charge in [-0.2, -0.15) is 9.52 Å². The average molecular weight is 439 g/mol. The van der Waals surface area contributed by atoms with E-state index in [4.69, 9.17) is 9.47 Å². The highest BCUT2D eigenvalue weighted by Crippen LogP contribution is 2.40. The Labute approximate surface area is 161 Å². The minimum absolute atomic E-state index is 0.443. The van der Waals surface area contributed by atoms with E-state index in [9.17, 15) is 8.42 Å². The van der Waals surface area contributed by atoms with Crippen molar-refractivity contribution in [2.45, 2.75) is 12.5 Å². The molecule has 138 valence electrons. The molecule has 2 aromatic rings. The fourth-order valence-corrected chi connectivity index (χ4v) is 4.10. The number of rotatable bonds is 5. The molecule has 0 aliphatic carbocycles. The van der Waals surface area contributed by atoms with Crippen LogP contribution in [0.1, 0.15) is 23.6 Å². The molecule has 1 aliphatic rings. The Morgan fingerprint density at radius 2 is 1.81 bits per heavy atom. The molecular formula is C18H19BrN2O4S. The summed E-state index contributed by atoms with van der Waals surface area (Å²) in [7, 11) is -0.428. The van der Waals surface area contributed by atoms with Crippen molar-refractivity contribution in [1.29, 1.82) is 0 Å². The number of nitrogens with zero attached hydrogens (tertiary/aromatic N) is 2. The van der Waals surface area contributed by atoms with Crippen LogP contribution in [0.5, 0.6) is 11.5 Å². The lowest BCUT2D eigenvalue weighted by atomic mass is 9.98. The van der Waals surface area contributed by atoms with Gasteiger partial charge in [-0.1, -0.05) is 28.1 Å². The molecule has 1 atom stereocenters. The van der Waals surface area contributed by atoms with Gasteiger partial charge in [-0.05, 0) is 35.9 Å². The Hall–Kier alpha value is -2.06. The van der Waals surface area contributed by atoms with Gasteiger partial charge in [-0.15, -0.1) is 0 Å². The number of ether oxygens (including phenoxy) is 2. The lowest BCUT2D eigenvalue weighted by Gasteiger charge is -2.23. The van der Waals surface area contributed by atoms with Crippen molar-refractivity contribution >= 4 is 31.7 Å². The number of hydrazone groups is 1. The third-order valence-electron chi connectivity index (χ3n) is 4.19. The molecule has 0 radical (unpaired) electrons. The van der Waals surface area contributed by atoms with E-state index in [0.29, 0.717) is 29.2 Å². The van der Waals surface area contributed by atoms with Crippen molar-refractivity contribution in [3.8, 4) is 11.5 Å². The summed E-state index contributed by atoms with van der Waals surface area (Å²) in [5.74, 6) is 1.23. The van der Waals surface area contributed by atoms with Gasteiger partial charge < -0.3 is 9.47 Å². The fourth-order valence-electron chi connectivity index (χ4n) is 2.94. The molecule has 1 aliphatic heterocycles. The van der Waals surface area contributed by atoms with Gasteiger partial charge in [0.05, 0.1) is 32.2 Å². The molecule has 0 N–H and O–H groups in total. The van der Waals surface area contributed by atoms with Gasteiger partial charge in [0.2, 0.25) is 10.0 Å². The third-order valence-corrected chi connectivity index (χ3v) is 5.73. The standard InChI is InChI=1S/C18H19BrN2O4S/c1-24-14-8-9-18(25-2)15(10-14)17-11-16(20-21(17)26(3,22)23)12-4-6-13(19)7-5-12/h4-10,17H,11H2,1-3H3/t17-/m0/s1. The molecule has 0 unspecified atom stereocenters. The lowest BCUT2D eigenvalue weighted by Crippen LogP contribution is -2.26. The van der Waals surface area contributed by atoms with Gasteiger partial charge in [0.1, 0.15) is 11.5 Å². The Morgan fingerprint density at radius 1 is 1.12 bits per heavy atom. The highest BCUT2D eigenvalue weighted by Gasteiger charge is 2.36. The second-order valence-electron chi connectivity index (χ2n) is 5.92. The Kier molecular flexibility index (Phi) is 5.24. The normalized spacial score (nSPS) is 17.2. The molecule has 0 aromatic heterocycles. The summed E-state index contributed by atoms with van der Waals surface area (Å²) in [6.07, 6.45) is 1.60. The van der Waals surface area contributed by atoms with Crippen LogP contribution in [0, 0.1) is 0 Å². The third kappa shape index (κ3) is 3.71. The van der Waals surface area contributed by atoms with E-state index in [-0.39, 0.29) is 0 Å². The van der Waals surface area contributed by atoms with E-state index >= 15 is 0 Å². The van der Waals surface area contributed by atoms with Gasteiger partial charge in [0.25, 0.3) is 0 Å². The van der Waals surface area contributed by atoms with Crippen molar-refractivity contribution in [3.05, 3.63) is 58.1 Å². The smallest absolute Gasteiger partial charge is 0.247 e. The molecule has 8 heteroatoms. The molecule has 0 spiro atoms. The van der Waals surface area contributed by atoms with E-state index < -0.39 is 16.1 Å². The summed E-state index contributed by atoms with van der Waals surface area (Å²) in [6, 6.07) is 12.5. The van der Waals surface area contributed by atoms with Gasteiger partial charge in [0, 0.05) is 16.5 Å². The fraction of sp³-hybridized carbons (Fsp3) is 0.278. The van der Waals surface area contributed by atoms with Crippen molar-refractivity contribution in [2.24, 2.45) is 5.10 Å². The Morgan fingerprint density at radius 3 is 2.38 bits per heavy atom. The van der Waals surface area contributed by atoms with Crippen LogP contribution < -0.4 is 9.47 Å². The first-order chi connectivity index (χ1) is 12.3. The first kappa shape index (κ1) is 18.7. The molecule has 0 bridgehead atoms. The number of benzene rings is 2. The SMILES string of the molecule is COc1ccc(OC)c([C@@H]2CC(c3ccc(Br)cc3)=NN2S(C)(=O)=O)c1. The number of methoxy groups -OCH3 is 2. The predicted octanol–water partition coefficient (Wildman–Crippen LogP) is 3.58. The summed E-state index contributed by atoms with van der Waals surface area (Å²) in [5.41, 5.74) is 2.30. The maximum Gasteiger partial charge on any atom is 0.247 e. The average Bonchev–Trinajstić information content (AvgIpc) is 3.07. The monoisotopic (exact) mass is 438 g/mol. The maximum atomic E-state index is 12.3. The van der Waals surface area contributed by atoms with Crippen LogP contribution in [0.25, 0.3) is 0 Å². The highest BCUT2D eigenvalue weighted by atomic mass is 79.9. The maximum absolute atomic E-state index is 12.3. The van der Waals surface area contributed by atoms with E-state index in [2.05, 4.69) is 21.0 Å². The van der Waals surface area contributed by atoms with Crippen molar-refractivity contribution in [2.75, 3.05) is 20.5 Å². The molecule has 1 heterocycles. The van der Waals surface area contributed by atoms with Crippen LogP contribution in [-0.2, 0) is 10.0 Å². The molecule has 26 heavy (non-hydrogen) atoms. The zero-order valence-corrected chi connectivity index (χ0v) is 17.0. The minimum Gasteiger partial charge on any atom is -0.497 e. The van der Waals surface area contributed by atoms with E-state index in [0.717, 1.165) is 20.7 Å². The van der Waals surface area contributed by atoms with Gasteiger partial charge in [-0.25, -0.2) is 8.42 Å². The summed E-state index contributed by atoms with van der Waals surface area (Å²) in [6.45, 7) is 0. The first-order valence-electron chi connectivity index (χ1n) is 7.88. The van der Waals surface area contributed by atoms with Crippen LogP contribution in [0.15, 0.2) is 52.0 Å². The molecule has 2 aromatic carbocycles. The summed E-state index contributed by atoms with van der Waals surface area (Å²) in [4.78, 5) is 0. The lowest BCUT2D eigenvalue weighted by molar-refractivity contribution is 0.348. The van der Waals surface area contributed by atoms with Gasteiger partial charge in [0.15, 0.2) is 0 Å². The number of halogens is 1. The van der Waals surface area contributed by atoms with Crippen molar-refractivity contribution in [1.82, 2.24) is 4.41 Å². The Balaban J connectivity index is 2.06. The molecule has 0 saturated heterocycles. The minimum atomic E-state index is -3.55. The topological polar surface area (TPSA) is 68.2 Å². The number of sulfonamides is 1. The van der Waals surface area contributed by atoms with Gasteiger partial charge in [-0.3, -0.25) is 0 Å².